The molecule has 0 radical (unpaired) electrons. The number of nitrogens with zero attached hydrogens (tertiary/aromatic N) is 1. The smallest absolute Gasteiger partial charge is 0.260 e. The van der Waals surface area contributed by atoms with Gasteiger partial charge < -0.3 is 9.72 Å². The Hall–Kier alpha value is -0.970. The summed E-state index contributed by atoms with van der Waals surface area (Å²) >= 11 is 17.6. The van der Waals surface area contributed by atoms with Crippen molar-refractivity contribution in [2.75, 3.05) is 7.11 Å². The summed E-state index contributed by atoms with van der Waals surface area (Å²) < 4.78 is 5.12. The molecule has 1 aromatic carbocycles. The Morgan fingerprint density at radius 3 is 2.71 bits per heavy atom. The molecule has 1 heterocycles. The van der Waals surface area contributed by atoms with E-state index in [-0.39, 0.29) is 21.8 Å². The monoisotopic (exact) mass is 292 g/mol. The molecule has 7 heteroatoms. The van der Waals surface area contributed by atoms with E-state index in [2.05, 4.69) is 9.97 Å². The van der Waals surface area contributed by atoms with Gasteiger partial charge in [0.2, 0.25) is 0 Å². The van der Waals surface area contributed by atoms with Gasteiger partial charge in [-0.2, -0.15) is 0 Å². The molecule has 0 aliphatic rings. The second kappa shape index (κ2) is 4.72. The van der Waals surface area contributed by atoms with Crippen molar-refractivity contribution in [3.8, 4) is 5.75 Å². The summed E-state index contributed by atoms with van der Waals surface area (Å²) in [4.78, 5) is 18.5. The molecule has 0 fully saturated rings. The minimum Gasteiger partial charge on any atom is -0.493 e. The largest absolute Gasteiger partial charge is 0.493 e. The summed E-state index contributed by atoms with van der Waals surface area (Å²) in [6.07, 6.45) is 0. The van der Waals surface area contributed by atoms with Crippen molar-refractivity contribution in [2.45, 2.75) is 5.88 Å². The van der Waals surface area contributed by atoms with Gasteiger partial charge in [-0.15, -0.1) is 11.6 Å². The van der Waals surface area contributed by atoms with Crippen LogP contribution in [0.4, 0.5) is 0 Å². The van der Waals surface area contributed by atoms with E-state index in [1.165, 1.54) is 13.2 Å². The maximum Gasteiger partial charge on any atom is 0.260 e. The molecule has 0 spiro atoms. The highest BCUT2D eigenvalue weighted by Gasteiger charge is 2.15. The SMILES string of the molecule is COc1c(Cl)cc(Cl)c2c(=O)[nH]c(CCl)nc12. The van der Waals surface area contributed by atoms with Crippen LogP contribution in [0, 0.1) is 0 Å². The summed E-state index contributed by atoms with van der Waals surface area (Å²) in [7, 11) is 1.44. The minimum absolute atomic E-state index is 0.0818. The van der Waals surface area contributed by atoms with Crippen molar-refractivity contribution in [1.82, 2.24) is 9.97 Å². The summed E-state index contributed by atoms with van der Waals surface area (Å²) in [5.74, 6) is 0.725. The third kappa shape index (κ3) is 2.08. The number of rotatable bonds is 2. The molecule has 17 heavy (non-hydrogen) atoms. The van der Waals surface area contributed by atoms with Crippen molar-refractivity contribution in [2.24, 2.45) is 0 Å². The minimum atomic E-state index is -0.370. The van der Waals surface area contributed by atoms with Gasteiger partial charge in [0.05, 0.1) is 28.4 Å². The highest BCUT2D eigenvalue weighted by Crippen LogP contribution is 2.35. The number of benzene rings is 1. The molecule has 1 N–H and O–H groups in total. The van der Waals surface area contributed by atoms with Crippen LogP contribution in [0.2, 0.25) is 10.0 Å². The number of hydrogen-bond donors (Lipinski definition) is 1. The molecule has 0 saturated heterocycles. The molecule has 0 amide bonds. The molecule has 0 saturated carbocycles. The van der Waals surface area contributed by atoms with E-state index in [0.29, 0.717) is 22.1 Å². The Morgan fingerprint density at radius 1 is 1.41 bits per heavy atom. The van der Waals surface area contributed by atoms with Crippen LogP contribution >= 0.6 is 34.8 Å². The number of halogens is 3. The van der Waals surface area contributed by atoms with Gasteiger partial charge >= 0.3 is 0 Å². The van der Waals surface area contributed by atoms with Gasteiger partial charge in [0.15, 0.2) is 5.75 Å². The topological polar surface area (TPSA) is 55.0 Å². The fourth-order valence-corrected chi connectivity index (χ4v) is 2.27. The quantitative estimate of drug-likeness (QED) is 0.866. The fourth-order valence-electron chi connectivity index (χ4n) is 1.53. The predicted molar refractivity (Wildman–Crippen MR) is 68.5 cm³/mol. The first kappa shape index (κ1) is 12.5. The molecule has 0 atom stereocenters. The van der Waals surface area contributed by atoms with E-state index in [0.717, 1.165) is 0 Å². The van der Waals surface area contributed by atoms with Crippen LogP contribution in [0.15, 0.2) is 10.9 Å². The number of methoxy groups -OCH3 is 1. The Kier molecular flexibility index (Phi) is 3.47. The molecule has 90 valence electrons. The van der Waals surface area contributed by atoms with E-state index in [4.69, 9.17) is 39.5 Å². The van der Waals surface area contributed by atoms with Gasteiger partial charge in [-0.25, -0.2) is 4.98 Å². The van der Waals surface area contributed by atoms with Crippen molar-refractivity contribution < 1.29 is 4.74 Å². The average molecular weight is 294 g/mol. The number of nitrogens with one attached hydrogen (secondary N) is 1. The summed E-state index contributed by atoms with van der Waals surface area (Å²) in [6.45, 7) is 0. The number of aromatic amines is 1. The fraction of sp³-hybridized carbons (Fsp3) is 0.200. The second-order valence-electron chi connectivity index (χ2n) is 3.24. The molecule has 0 aliphatic carbocycles. The molecule has 4 nitrogen and oxygen atoms in total. The lowest BCUT2D eigenvalue weighted by Gasteiger charge is -2.08. The number of H-pyrrole nitrogens is 1. The molecule has 2 rings (SSSR count). The van der Waals surface area contributed by atoms with E-state index in [1.807, 2.05) is 0 Å². The number of fused-ring (bicyclic) bond motifs is 1. The number of ether oxygens (including phenoxy) is 1. The zero-order valence-electron chi connectivity index (χ0n) is 8.68. The van der Waals surface area contributed by atoms with Crippen LogP contribution in [0.5, 0.6) is 5.75 Å². The van der Waals surface area contributed by atoms with Gasteiger partial charge in [0, 0.05) is 0 Å². The first-order valence-electron chi connectivity index (χ1n) is 4.59. The van der Waals surface area contributed by atoms with E-state index in [1.54, 1.807) is 0 Å². The Morgan fingerprint density at radius 2 is 2.12 bits per heavy atom. The molecular formula is C10H7Cl3N2O2. The predicted octanol–water partition coefficient (Wildman–Crippen LogP) is 2.98. The number of alkyl halides is 1. The average Bonchev–Trinajstić information content (AvgIpc) is 2.28. The van der Waals surface area contributed by atoms with Crippen LogP contribution < -0.4 is 10.3 Å². The van der Waals surface area contributed by atoms with Crippen molar-refractivity contribution in [1.29, 1.82) is 0 Å². The summed E-state index contributed by atoms with van der Waals surface area (Å²) in [5.41, 5.74) is -0.0602. The maximum atomic E-state index is 11.8. The van der Waals surface area contributed by atoms with E-state index < -0.39 is 0 Å². The Labute approximate surface area is 111 Å². The molecule has 0 aliphatic heterocycles. The first-order chi connectivity index (χ1) is 8.08. The third-order valence-electron chi connectivity index (χ3n) is 2.22. The summed E-state index contributed by atoms with van der Waals surface area (Å²) in [5, 5.41) is 0.756. The van der Waals surface area contributed by atoms with Crippen LogP contribution in [0.1, 0.15) is 5.82 Å². The molecule has 0 bridgehead atoms. The van der Waals surface area contributed by atoms with Gasteiger partial charge in [-0.1, -0.05) is 23.2 Å². The van der Waals surface area contributed by atoms with Crippen molar-refractivity contribution in [3.63, 3.8) is 0 Å². The summed E-state index contributed by atoms with van der Waals surface area (Å²) in [6, 6.07) is 1.45. The van der Waals surface area contributed by atoms with Crippen LogP contribution in [0.25, 0.3) is 10.9 Å². The zero-order chi connectivity index (χ0) is 12.6. The van der Waals surface area contributed by atoms with Crippen LogP contribution in [-0.4, -0.2) is 17.1 Å². The Bertz CT molecular complexity index is 639. The molecular weight excluding hydrogens is 286 g/mol. The highest BCUT2D eigenvalue weighted by atomic mass is 35.5. The van der Waals surface area contributed by atoms with Crippen LogP contribution in [0.3, 0.4) is 0 Å². The van der Waals surface area contributed by atoms with Crippen molar-refractivity contribution >= 4 is 45.7 Å². The van der Waals surface area contributed by atoms with E-state index in [9.17, 15) is 4.79 Å². The number of hydrogen-bond acceptors (Lipinski definition) is 3. The molecule has 1 aromatic heterocycles. The number of aromatic nitrogens is 2. The third-order valence-corrected chi connectivity index (χ3v) is 3.06. The lowest BCUT2D eigenvalue weighted by Crippen LogP contribution is -2.12. The molecule has 2 aromatic rings. The van der Waals surface area contributed by atoms with Gasteiger partial charge in [0.25, 0.3) is 5.56 Å². The van der Waals surface area contributed by atoms with Gasteiger partial charge in [0.1, 0.15) is 11.3 Å². The van der Waals surface area contributed by atoms with Gasteiger partial charge in [-0.3, -0.25) is 4.79 Å². The Balaban J connectivity index is 2.99. The van der Waals surface area contributed by atoms with Crippen LogP contribution in [-0.2, 0) is 5.88 Å². The van der Waals surface area contributed by atoms with E-state index >= 15 is 0 Å². The normalized spacial score (nSPS) is 10.8. The first-order valence-corrected chi connectivity index (χ1v) is 5.88. The molecule has 0 unspecified atom stereocenters. The second-order valence-corrected chi connectivity index (χ2v) is 4.32. The highest BCUT2D eigenvalue weighted by molar-refractivity contribution is 6.39. The van der Waals surface area contributed by atoms with Crippen molar-refractivity contribution in [3.05, 3.63) is 32.3 Å². The zero-order valence-corrected chi connectivity index (χ0v) is 10.9. The lowest BCUT2D eigenvalue weighted by atomic mass is 10.2. The lowest BCUT2D eigenvalue weighted by molar-refractivity contribution is 0.419. The maximum absolute atomic E-state index is 11.8. The standard InChI is InChI=1S/C10H7Cl3N2O2/c1-17-9-5(13)2-4(12)7-8(9)14-6(3-11)15-10(7)16/h2H,3H2,1H3,(H,14,15,16). The van der Waals surface area contributed by atoms with Gasteiger partial charge in [-0.05, 0) is 6.07 Å².